The molecule has 0 aromatic heterocycles. The average Bonchev–Trinajstić information content (AvgIpc) is 2.34. The summed E-state index contributed by atoms with van der Waals surface area (Å²) in [5.41, 5.74) is 7.25. The van der Waals surface area contributed by atoms with E-state index in [0.29, 0.717) is 0 Å². The zero-order valence-corrected chi connectivity index (χ0v) is 10.4. The molecule has 16 heavy (non-hydrogen) atoms. The van der Waals surface area contributed by atoms with Crippen molar-refractivity contribution in [3.8, 4) is 0 Å². The Balaban J connectivity index is 2.09. The van der Waals surface area contributed by atoms with Crippen molar-refractivity contribution in [1.82, 2.24) is 0 Å². The SMILES string of the molecule is CCCCCCCCC(N)c1[c]cccc1. The smallest absolute Gasteiger partial charge is 0.0301 e. The molecule has 1 nitrogen and oxygen atoms in total. The summed E-state index contributed by atoms with van der Waals surface area (Å²) in [7, 11) is 0. The second-order valence-electron chi connectivity index (χ2n) is 4.48. The third-order valence-electron chi connectivity index (χ3n) is 3.00. The monoisotopic (exact) mass is 218 g/mol. The number of hydrogen-bond acceptors (Lipinski definition) is 1. The van der Waals surface area contributed by atoms with E-state index in [1.807, 2.05) is 18.2 Å². The number of nitrogens with two attached hydrogens (primary N) is 1. The molecule has 1 rings (SSSR count). The van der Waals surface area contributed by atoms with Crippen LogP contribution in [0.15, 0.2) is 24.3 Å². The van der Waals surface area contributed by atoms with E-state index in [1.54, 1.807) is 0 Å². The predicted molar refractivity (Wildman–Crippen MR) is 70.2 cm³/mol. The molecule has 1 atom stereocenters. The Morgan fingerprint density at radius 1 is 1.12 bits per heavy atom. The van der Waals surface area contributed by atoms with Gasteiger partial charge in [0.05, 0.1) is 0 Å². The number of rotatable bonds is 8. The second kappa shape index (κ2) is 8.35. The minimum absolute atomic E-state index is 0.173. The largest absolute Gasteiger partial charge is 0.324 e. The molecule has 0 aliphatic carbocycles. The van der Waals surface area contributed by atoms with Crippen LogP contribution in [0.5, 0.6) is 0 Å². The molecular formula is C15H24N. The molecular weight excluding hydrogens is 194 g/mol. The van der Waals surface area contributed by atoms with E-state index >= 15 is 0 Å². The van der Waals surface area contributed by atoms with Crippen LogP contribution in [0, 0.1) is 6.07 Å². The van der Waals surface area contributed by atoms with Gasteiger partial charge in [-0.05, 0) is 18.1 Å². The van der Waals surface area contributed by atoms with Gasteiger partial charge >= 0.3 is 0 Å². The van der Waals surface area contributed by atoms with Crippen molar-refractivity contribution >= 4 is 0 Å². The first-order valence-electron chi connectivity index (χ1n) is 6.56. The van der Waals surface area contributed by atoms with Gasteiger partial charge in [0.15, 0.2) is 0 Å². The highest BCUT2D eigenvalue weighted by Crippen LogP contribution is 2.17. The lowest BCUT2D eigenvalue weighted by Crippen LogP contribution is -2.09. The summed E-state index contributed by atoms with van der Waals surface area (Å²) < 4.78 is 0. The lowest BCUT2D eigenvalue weighted by molar-refractivity contribution is 0.547. The van der Waals surface area contributed by atoms with Gasteiger partial charge in [0.2, 0.25) is 0 Å². The Morgan fingerprint density at radius 3 is 2.56 bits per heavy atom. The molecule has 1 radical (unpaired) electrons. The van der Waals surface area contributed by atoms with Gasteiger partial charge in [-0.2, -0.15) is 0 Å². The fourth-order valence-corrected chi connectivity index (χ4v) is 1.94. The Hall–Kier alpha value is -0.820. The molecule has 0 fully saturated rings. The summed E-state index contributed by atoms with van der Waals surface area (Å²) in [5, 5.41) is 0. The highest BCUT2D eigenvalue weighted by Gasteiger charge is 2.04. The second-order valence-corrected chi connectivity index (χ2v) is 4.48. The maximum atomic E-state index is 6.10. The molecule has 2 N–H and O–H groups in total. The van der Waals surface area contributed by atoms with Crippen LogP contribution in [0.2, 0.25) is 0 Å². The van der Waals surface area contributed by atoms with Crippen LogP contribution in [-0.4, -0.2) is 0 Å². The van der Waals surface area contributed by atoms with Gasteiger partial charge in [-0.3, -0.25) is 0 Å². The van der Waals surface area contributed by atoms with Crippen LogP contribution in [0.3, 0.4) is 0 Å². The van der Waals surface area contributed by atoms with E-state index in [1.165, 1.54) is 38.5 Å². The van der Waals surface area contributed by atoms with Gasteiger partial charge in [0.25, 0.3) is 0 Å². The average molecular weight is 218 g/mol. The molecule has 0 heterocycles. The topological polar surface area (TPSA) is 26.0 Å². The van der Waals surface area contributed by atoms with Crippen molar-refractivity contribution in [2.45, 2.75) is 57.9 Å². The summed E-state index contributed by atoms with van der Waals surface area (Å²) in [6.45, 7) is 2.25. The van der Waals surface area contributed by atoms with Crippen LogP contribution in [-0.2, 0) is 0 Å². The standard InChI is InChI=1S/C15H24N/c1-2-3-4-5-6-10-13-15(16)14-11-8-7-9-12-14/h7-9,11,15H,2-6,10,13,16H2,1H3. The fourth-order valence-electron chi connectivity index (χ4n) is 1.94. The zero-order chi connectivity index (χ0) is 11.6. The van der Waals surface area contributed by atoms with Crippen LogP contribution < -0.4 is 5.73 Å². The molecule has 0 saturated heterocycles. The highest BCUT2D eigenvalue weighted by molar-refractivity contribution is 5.16. The van der Waals surface area contributed by atoms with E-state index < -0.39 is 0 Å². The minimum atomic E-state index is 0.173. The molecule has 0 aliphatic heterocycles. The van der Waals surface area contributed by atoms with Crippen LogP contribution in [0.25, 0.3) is 0 Å². The van der Waals surface area contributed by atoms with E-state index in [4.69, 9.17) is 5.73 Å². The first kappa shape index (κ1) is 13.2. The number of unbranched alkanes of at least 4 members (excludes halogenated alkanes) is 5. The fraction of sp³-hybridized carbons (Fsp3) is 0.600. The molecule has 0 aliphatic rings. The van der Waals surface area contributed by atoms with Crippen molar-refractivity contribution < 1.29 is 0 Å². The summed E-state index contributed by atoms with van der Waals surface area (Å²) in [6.07, 6.45) is 9.08. The van der Waals surface area contributed by atoms with Gasteiger partial charge in [0.1, 0.15) is 0 Å². The highest BCUT2D eigenvalue weighted by atomic mass is 14.6. The van der Waals surface area contributed by atoms with E-state index in [9.17, 15) is 0 Å². The van der Waals surface area contributed by atoms with Gasteiger partial charge in [-0.15, -0.1) is 0 Å². The molecule has 0 bridgehead atoms. The molecule has 1 unspecified atom stereocenters. The summed E-state index contributed by atoms with van der Waals surface area (Å²) in [6, 6.07) is 11.4. The third kappa shape index (κ3) is 5.32. The lowest BCUT2D eigenvalue weighted by atomic mass is 10.0. The number of hydrogen-bond donors (Lipinski definition) is 1. The molecule has 1 aromatic carbocycles. The Morgan fingerprint density at radius 2 is 1.88 bits per heavy atom. The molecule has 1 aromatic rings. The first-order valence-corrected chi connectivity index (χ1v) is 6.56. The maximum Gasteiger partial charge on any atom is 0.0301 e. The normalized spacial score (nSPS) is 12.6. The van der Waals surface area contributed by atoms with Crippen molar-refractivity contribution in [2.75, 3.05) is 0 Å². The van der Waals surface area contributed by atoms with Gasteiger partial charge in [0, 0.05) is 6.04 Å². The zero-order valence-electron chi connectivity index (χ0n) is 10.4. The summed E-state index contributed by atoms with van der Waals surface area (Å²) in [5.74, 6) is 0. The van der Waals surface area contributed by atoms with Crippen LogP contribution in [0.4, 0.5) is 0 Å². The van der Waals surface area contributed by atoms with Crippen molar-refractivity contribution in [1.29, 1.82) is 0 Å². The van der Waals surface area contributed by atoms with Crippen molar-refractivity contribution in [3.63, 3.8) is 0 Å². The molecule has 89 valence electrons. The number of benzene rings is 1. The van der Waals surface area contributed by atoms with Gasteiger partial charge in [-0.25, -0.2) is 0 Å². The molecule has 1 heteroatoms. The minimum Gasteiger partial charge on any atom is -0.324 e. The first-order chi connectivity index (χ1) is 7.84. The molecule has 0 amide bonds. The van der Waals surface area contributed by atoms with E-state index in [2.05, 4.69) is 19.1 Å². The molecule has 0 spiro atoms. The third-order valence-corrected chi connectivity index (χ3v) is 3.00. The Bertz CT molecular complexity index is 255. The van der Waals surface area contributed by atoms with Crippen molar-refractivity contribution in [3.05, 3.63) is 35.9 Å². The predicted octanol–water partition coefficient (Wildman–Crippen LogP) is 4.24. The Labute approximate surface area is 100 Å². The van der Waals surface area contributed by atoms with Gasteiger partial charge in [-0.1, -0.05) is 69.7 Å². The van der Waals surface area contributed by atoms with Gasteiger partial charge < -0.3 is 5.73 Å². The molecule has 0 saturated carbocycles. The Kier molecular flexibility index (Phi) is 6.91. The lowest BCUT2D eigenvalue weighted by Gasteiger charge is -2.11. The van der Waals surface area contributed by atoms with E-state index in [-0.39, 0.29) is 6.04 Å². The van der Waals surface area contributed by atoms with Crippen LogP contribution in [0.1, 0.15) is 63.5 Å². The quantitative estimate of drug-likeness (QED) is 0.649. The summed E-state index contributed by atoms with van der Waals surface area (Å²) >= 11 is 0. The maximum absolute atomic E-state index is 6.10. The van der Waals surface area contributed by atoms with E-state index in [0.717, 1.165) is 12.0 Å². The van der Waals surface area contributed by atoms with Crippen LogP contribution >= 0.6 is 0 Å². The summed E-state index contributed by atoms with van der Waals surface area (Å²) in [4.78, 5) is 0. The van der Waals surface area contributed by atoms with Crippen molar-refractivity contribution in [2.24, 2.45) is 5.73 Å².